The Morgan fingerprint density at radius 2 is 1.89 bits per heavy atom. The monoisotopic (exact) mass is 393 g/mol. The van der Waals surface area contributed by atoms with Gasteiger partial charge in [-0.1, -0.05) is 12.1 Å². The topological polar surface area (TPSA) is 75.1 Å². The smallest absolute Gasteiger partial charge is 0.191 e. The van der Waals surface area contributed by atoms with Gasteiger partial charge >= 0.3 is 0 Å². The van der Waals surface area contributed by atoms with Crippen molar-refractivity contribution in [2.45, 2.75) is 13.0 Å². The lowest BCUT2D eigenvalue weighted by atomic mass is 10.1. The van der Waals surface area contributed by atoms with E-state index in [1.807, 2.05) is 6.92 Å². The molecule has 0 heterocycles. The van der Waals surface area contributed by atoms with Crippen LogP contribution in [0, 0.1) is 11.6 Å². The summed E-state index contributed by atoms with van der Waals surface area (Å²) in [5, 5.41) is 16.4. The summed E-state index contributed by atoms with van der Waals surface area (Å²) < 4.78 is 36.8. The van der Waals surface area contributed by atoms with Crippen LogP contribution in [0.25, 0.3) is 0 Å². The molecule has 0 saturated carbocycles. The summed E-state index contributed by atoms with van der Waals surface area (Å²) in [6.45, 7) is 3.23. The second-order valence-corrected chi connectivity index (χ2v) is 5.86. The highest BCUT2D eigenvalue weighted by atomic mass is 19.1. The highest BCUT2D eigenvalue weighted by Crippen LogP contribution is 2.18. The SMILES string of the molecule is CCNC(=NCC(O)c1ccc(OC)cc1)NCCOc1ccc(F)cc1F. The first-order valence-electron chi connectivity index (χ1n) is 8.95. The number of aliphatic hydroxyl groups excluding tert-OH is 1. The third kappa shape index (κ3) is 6.70. The number of rotatable bonds is 9. The Kier molecular flexibility index (Phi) is 8.48. The van der Waals surface area contributed by atoms with E-state index < -0.39 is 17.7 Å². The van der Waals surface area contributed by atoms with E-state index >= 15 is 0 Å². The zero-order chi connectivity index (χ0) is 20.4. The molecule has 1 unspecified atom stereocenters. The van der Waals surface area contributed by atoms with Gasteiger partial charge in [0.15, 0.2) is 17.5 Å². The van der Waals surface area contributed by atoms with Crippen molar-refractivity contribution in [2.24, 2.45) is 4.99 Å². The zero-order valence-corrected chi connectivity index (χ0v) is 15.9. The largest absolute Gasteiger partial charge is 0.497 e. The van der Waals surface area contributed by atoms with E-state index in [0.29, 0.717) is 24.8 Å². The minimum Gasteiger partial charge on any atom is -0.497 e. The van der Waals surface area contributed by atoms with Crippen molar-refractivity contribution in [3.05, 3.63) is 59.7 Å². The summed E-state index contributed by atoms with van der Waals surface area (Å²) in [5.74, 6) is -0.200. The molecule has 0 fully saturated rings. The Morgan fingerprint density at radius 3 is 2.54 bits per heavy atom. The first kappa shape index (κ1) is 21.4. The maximum Gasteiger partial charge on any atom is 0.191 e. The number of ether oxygens (including phenoxy) is 2. The molecule has 0 bridgehead atoms. The van der Waals surface area contributed by atoms with Crippen LogP contribution in [-0.4, -0.2) is 44.4 Å². The summed E-state index contributed by atoms with van der Waals surface area (Å²) in [4.78, 5) is 4.34. The summed E-state index contributed by atoms with van der Waals surface area (Å²) in [5.41, 5.74) is 0.732. The van der Waals surface area contributed by atoms with Gasteiger partial charge in [0.25, 0.3) is 0 Å². The third-order valence-electron chi connectivity index (χ3n) is 3.81. The summed E-state index contributed by atoms with van der Waals surface area (Å²) >= 11 is 0. The molecule has 3 N–H and O–H groups in total. The Bertz CT molecular complexity index is 770. The molecule has 152 valence electrons. The molecule has 28 heavy (non-hydrogen) atoms. The average molecular weight is 393 g/mol. The fourth-order valence-electron chi connectivity index (χ4n) is 2.37. The lowest BCUT2D eigenvalue weighted by Crippen LogP contribution is -2.39. The van der Waals surface area contributed by atoms with Gasteiger partial charge in [0.05, 0.1) is 26.3 Å². The van der Waals surface area contributed by atoms with E-state index in [0.717, 1.165) is 17.7 Å². The van der Waals surface area contributed by atoms with Gasteiger partial charge in [-0.3, -0.25) is 4.99 Å². The number of benzene rings is 2. The number of aliphatic hydroxyl groups is 1. The van der Waals surface area contributed by atoms with Crippen LogP contribution in [0.15, 0.2) is 47.5 Å². The lowest BCUT2D eigenvalue weighted by molar-refractivity contribution is 0.187. The zero-order valence-electron chi connectivity index (χ0n) is 15.9. The fraction of sp³-hybridized carbons (Fsp3) is 0.350. The highest BCUT2D eigenvalue weighted by molar-refractivity contribution is 5.79. The second-order valence-electron chi connectivity index (χ2n) is 5.86. The van der Waals surface area contributed by atoms with Crippen molar-refractivity contribution >= 4 is 5.96 Å². The van der Waals surface area contributed by atoms with E-state index in [9.17, 15) is 13.9 Å². The lowest BCUT2D eigenvalue weighted by Gasteiger charge is -2.14. The molecule has 2 rings (SSSR count). The van der Waals surface area contributed by atoms with Crippen LogP contribution in [0.4, 0.5) is 8.78 Å². The molecule has 0 aliphatic carbocycles. The van der Waals surface area contributed by atoms with E-state index in [2.05, 4.69) is 15.6 Å². The number of nitrogens with one attached hydrogen (secondary N) is 2. The van der Waals surface area contributed by atoms with Crippen LogP contribution in [0.2, 0.25) is 0 Å². The predicted octanol–water partition coefficient (Wildman–Crippen LogP) is 2.64. The van der Waals surface area contributed by atoms with Crippen molar-refractivity contribution in [1.29, 1.82) is 0 Å². The van der Waals surface area contributed by atoms with Crippen LogP contribution < -0.4 is 20.1 Å². The van der Waals surface area contributed by atoms with E-state index in [1.165, 1.54) is 6.07 Å². The number of halogens is 2. The highest BCUT2D eigenvalue weighted by Gasteiger charge is 2.08. The molecular weight excluding hydrogens is 368 g/mol. The van der Waals surface area contributed by atoms with Crippen LogP contribution >= 0.6 is 0 Å². The number of nitrogens with zero attached hydrogens (tertiary/aromatic N) is 1. The van der Waals surface area contributed by atoms with E-state index in [1.54, 1.807) is 31.4 Å². The third-order valence-corrected chi connectivity index (χ3v) is 3.81. The van der Waals surface area contributed by atoms with Crippen molar-refractivity contribution in [1.82, 2.24) is 10.6 Å². The van der Waals surface area contributed by atoms with Gasteiger partial charge in [0.2, 0.25) is 0 Å². The molecule has 0 aromatic heterocycles. The normalized spacial score (nSPS) is 12.4. The average Bonchev–Trinajstić information content (AvgIpc) is 2.70. The molecule has 2 aromatic carbocycles. The van der Waals surface area contributed by atoms with Crippen molar-refractivity contribution in [3.63, 3.8) is 0 Å². The Hall–Kier alpha value is -2.87. The Morgan fingerprint density at radius 1 is 1.14 bits per heavy atom. The molecule has 0 radical (unpaired) electrons. The second kappa shape index (κ2) is 11.1. The van der Waals surface area contributed by atoms with Gasteiger partial charge in [-0.15, -0.1) is 0 Å². The van der Waals surface area contributed by atoms with E-state index in [4.69, 9.17) is 9.47 Å². The van der Waals surface area contributed by atoms with Gasteiger partial charge in [-0.05, 0) is 36.8 Å². The molecule has 0 amide bonds. The first-order chi connectivity index (χ1) is 13.5. The van der Waals surface area contributed by atoms with Gasteiger partial charge in [-0.25, -0.2) is 8.78 Å². The number of methoxy groups -OCH3 is 1. The van der Waals surface area contributed by atoms with Crippen LogP contribution in [0.3, 0.4) is 0 Å². The van der Waals surface area contributed by atoms with E-state index in [-0.39, 0.29) is 18.9 Å². The molecule has 1 atom stereocenters. The summed E-state index contributed by atoms with van der Waals surface area (Å²) in [7, 11) is 1.58. The minimum atomic E-state index is -0.758. The fourth-order valence-corrected chi connectivity index (χ4v) is 2.37. The maximum absolute atomic E-state index is 13.5. The minimum absolute atomic E-state index is 0.0138. The van der Waals surface area contributed by atoms with Crippen LogP contribution in [0.1, 0.15) is 18.6 Å². The molecule has 0 spiro atoms. The maximum atomic E-state index is 13.5. The van der Waals surface area contributed by atoms with Crippen LogP contribution in [0.5, 0.6) is 11.5 Å². The van der Waals surface area contributed by atoms with Gasteiger partial charge in [0, 0.05) is 12.6 Å². The molecule has 8 heteroatoms. The molecule has 0 saturated heterocycles. The Balaban J connectivity index is 1.83. The number of guanidine groups is 1. The number of aliphatic imine (C=N–C) groups is 1. The van der Waals surface area contributed by atoms with Crippen LogP contribution in [-0.2, 0) is 0 Å². The molecule has 2 aromatic rings. The van der Waals surface area contributed by atoms with Crippen molar-refractivity contribution in [2.75, 3.05) is 33.4 Å². The van der Waals surface area contributed by atoms with Gasteiger partial charge in [0.1, 0.15) is 18.2 Å². The molecular formula is C20H25F2N3O3. The quantitative estimate of drug-likeness (QED) is 0.347. The Labute approximate surface area is 163 Å². The number of hydrogen-bond donors (Lipinski definition) is 3. The summed E-state index contributed by atoms with van der Waals surface area (Å²) in [6.07, 6.45) is -0.758. The number of hydrogen-bond acceptors (Lipinski definition) is 4. The first-order valence-corrected chi connectivity index (χ1v) is 8.95. The predicted molar refractivity (Wildman–Crippen MR) is 104 cm³/mol. The molecule has 0 aliphatic heterocycles. The van der Waals surface area contributed by atoms with Crippen molar-refractivity contribution < 1.29 is 23.4 Å². The molecule has 6 nitrogen and oxygen atoms in total. The standard InChI is InChI=1S/C20H25F2N3O3/c1-3-23-20(24-10-11-28-19-9-6-15(21)12-17(19)22)25-13-18(26)14-4-7-16(27-2)8-5-14/h4-9,12,18,26H,3,10-11,13H2,1-2H3,(H2,23,24,25). The molecule has 0 aliphatic rings. The van der Waals surface area contributed by atoms with Gasteiger partial charge in [-0.2, -0.15) is 0 Å². The summed E-state index contributed by atoms with van der Waals surface area (Å²) in [6, 6.07) is 10.3. The van der Waals surface area contributed by atoms with Crippen molar-refractivity contribution in [3.8, 4) is 11.5 Å². The van der Waals surface area contributed by atoms with Gasteiger partial charge < -0.3 is 25.2 Å².